The van der Waals surface area contributed by atoms with Crippen LogP contribution in [0, 0.1) is 16.7 Å². The van der Waals surface area contributed by atoms with Crippen LogP contribution in [0.5, 0.6) is 0 Å². The summed E-state index contributed by atoms with van der Waals surface area (Å²) < 4.78 is 0. The molecule has 0 radical (unpaired) electrons. The van der Waals surface area contributed by atoms with Crippen LogP contribution in [0.25, 0.3) is 0 Å². The van der Waals surface area contributed by atoms with Crippen LogP contribution in [0.1, 0.15) is 33.6 Å². The molecule has 0 aromatic heterocycles. The van der Waals surface area contributed by atoms with Gasteiger partial charge in [0, 0.05) is 0 Å². The van der Waals surface area contributed by atoms with Crippen LogP contribution in [0.3, 0.4) is 0 Å². The summed E-state index contributed by atoms with van der Waals surface area (Å²) in [6, 6.07) is 2.38. The standard InChI is InChI=1S/C10H17NS/c1-5-9(7-12-4)10(3,6-2)8-11/h7H,5-6H2,1-4H3/b9-7+. The van der Waals surface area contributed by atoms with Gasteiger partial charge in [0.1, 0.15) is 0 Å². The number of nitrogens with zero attached hydrogens (tertiary/aromatic N) is 1. The molecule has 0 spiro atoms. The minimum absolute atomic E-state index is 0.252. The van der Waals surface area contributed by atoms with Crippen LogP contribution < -0.4 is 0 Å². The summed E-state index contributed by atoms with van der Waals surface area (Å²) in [6.07, 6.45) is 3.89. The van der Waals surface area contributed by atoms with E-state index in [1.165, 1.54) is 5.57 Å². The van der Waals surface area contributed by atoms with Crippen LogP contribution >= 0.6 is 11.8 Å². The number of hydrogen-bond donors (Lipinski definition) is 0. The molecule has 0 aromatic rings. The molecule has 0 amide bonds. The van der Waals surface area contributed by atoms with Crippen molar-refractivity contribution in [2.45, 2.75) is 33.6 Å². The van der Waals surface area contributed by atoms with E-state index in [2.05, 4.69) is 25.3 Å². The smallest absolute Gasteiger partial charge is 0.0759 e. The fraction of sp³-hybridized carbons (Fsp3) is 0.700. The Morgan fingerprint density at radius 2 is 2.17 bits per heavy atom. The highest BCUT2D eigenvalue weighted by Gasteiger charge is 2.24. The molecule has 0 aliphatic carbocycles. The second kappa shape index (κ2) is 5.27. The molecule has 0 aliphatic heterocycles. The summed E-state index contributed by atoms with van der Waals surface area (Å²) in [7, 11) is 0. The Bertz CT molecular complexity index is 202. The molecule has 0 heterocycles. The fourth-order valence-corrected chi connectivity index (χ4v) is 1.84. The Labute approximate surface area is 79.8 Å². The lowest BCUT2D eigenvalue weighted by atomic mass is 9.81. The zero-order valence-corrected chi connectivity index (χ0v) is 9.16. The average Bonchev–Trinajstić information content (AvgIpc) is 2.13. The van der Waals surface area contributed by atoms with Gasteiger partial charge in [-0.05, 0) is 37.0 Å². The summed E-state index contributed by atoms with van der Waals surface area (Å²) in [5.74, 6) is 0. The maximum atomic E-state index is 9.01. The molecule has 68 valence electrons. The van der Waals surface area contributed by atoms with E-state index in [4.69, 9.17) is 5.26 Å². The van der Waals surface area contributed by atoms with Crippen molar-refractivity contribution in [3.05, 3.63) is 11.0 Å². The average molecular weight is 183 g/mol. The first kappa shape index (κ1) is 11.6. The first-order valence-corrected chi connectivity index (χ1v) is 5.57. The molecule has 0 bridgehead atoms. The molecular formula is C10H17NS. The second-order valence-corrected chi connectivity index (χ2v) is 3.74. The van der Waals surface area contributed by atoms with Gasteiger partial charge in [-0.1, -0.05) is 13.8 Å². The topological polar surface area (TPSA) is 23.8 Å². The molecule has 0 rings (SSSR count). The first-order valence-electron chi connectivity index (χ1n) is 4.28. The normalized spacial score (nSPS) is 16.8. The molecule has 0 saturated heterocycles. The van der Waals surface area contributed by atoms with Gasteiger partial charge in [0.25, 0.3) is 0 Å². The van der Waals surface area contributed by atoms with E-state index in [0.29, 0.717) is 0 Å². The van der Waals surface area contributed by atoms with Crippen molar-refractivity contribution in [2.24, 2.45) is 5.41 Å². The Hall–Kier alpha value is -0.420. The Balaban J connectivity index is 4.70. The molecule has 0 N–H and O–H groups in total. The molecule has 0 fully saturated rings. The molecular weight excluding hydrogens is 166 g/mol. The van der Waals surface area contributed by atoms with Gasteiger partial charge in [0.15, 0.2) is 0 Å². The highest BCUT2D eigenvalue weighted by Crippen LogP contribution is 2.33. The lowest BCUT2D eigenvalue weighted by Gasteiger charge is -2.22. The number of rotatable bonds is 4. The van der Waals surface area contributed by atoms with Crippen molar-refractivity contribution < 1.29 is 0 Å². The first-order chi connectivity index (χ1) is 5.64. The summed E-state index contributed by atoms with van der Waals surface area (Å²) in [5.41, 5.74) is 0.998. The zero-order valence-electron chi connectivity index (χ0n) is 8.35. The molecule has 2 heteroatoms. The van der Waals surface area contributed by atoms with Crippen LogP contribution in [0.2, 0.25) is 0 Å². The van der Waals surface area contributed by atoms with Crippen molar-refractivity contribution >= 4 is 11.8 Å². The van der Waals surface area contributed by atoms with E-state index in [0.717, 1.165) is 12.8 Å². The number of allylic oxidation sites excluding steroid dienone is 1. The minimum atomic E-state index is -0.252. The predicted octanol–water partition coefficient (Wildman–Crippen LogP) is 3.58. The Morgan fingerprint density at radius 3 is 2.42 bits per heavy atom. The maximum Gasteiger partial charge on any atom is 0.0759 e. The quantitative estimate of drug-likeness (QED) is 0.665. The van der Waals surface area contributed by atoms with Gasteiger partial charge in [-0.25, -0.2) is 0 Å². The Kier molecular flexibility index (Phi) is 5.08. The zero-order chi connectivity index (χ0) is 9.61. The third kappa shape index (κ3) is 2.57. The van der Waals surface area contributed by atoms with E-state index < -0.39 is 0 Å². The summed E-state index contributed by atoms with van der Waals surface area (Å²) in [6.45, 7) is 6.18. The van der Waals surface area contributed by atoms with Gasteiger partial charge in [-0.3, -0.25) is 0 Å². The van der Waals surface area contributed by atoms with Crippen molar-refractivity contribution in [1.82, 2.24) is 0 Å². The van der Waals surface area contributed by atoms with E-state index in [1.54, 1.807) is 11.8 Å². The predicted molar refractivity (Wildman–Crippen MR) is 55.9 cm³/mol. The highest BCUT2D eigenvalue weighted by atomic mass is 32.2. The molecule has 1 unspecified atom stereocenters. The van der Waals surface area contributed by atoms with E-state index in [-0.39, 0.29) is 5.41 Å². The minimum Gasteiger partial charge on any atom is -0.197 e. The molecule has 12 heavy (non-hydrogen) atoms. The van der Waals surface area contributed by atoms with Crippen molar-refractivity contribution in [3.8, 4) is 6.07 Å². The Morgan fingerprint density at radius 1 is 1.58 bits per heavy atom. The number of nitriles is 1. The lowest BCUT2D eigenvalue weighted by molar-refractivity contribution is 0.496. The van der Waals surface area contributed by atoms with Crippen LogP contribution in [-0.4, -0.2) is 6.26 Å². The lowest BCUT2D eigenvalue weighted by Crippen LogP contribution is -2.15. The monoisotopic (exact) mass is 183 g/mol. The van der Waals surface area contributed by atoms with E-state index in [9.17, 15) is 0 Å². The molecule has 1 nitrogen and oxygen atoms in total. The molecule has 1 atom stereocenters. The summed E-state index contributed by atoms with van der Waals surface area (Å²) >= 11 is 1.68. The largest absolute Gasteiger partial charge is 0.197 e. The second-order valence-electron chi connectivity index (χ2n) is 3.03. The van der Waals surface area contributed by atoms with Gasteiger partial charge < -0.3 is 0 Å². The van der Waals surface area contributed by atoms with E-state index >= 15 is 0 Å². The van der Waals surface area contributed by atoms with Crippen molar-refractivity contribution in [1.29, 1.82) is 5.26 Å². The number of hydrogen-bond acceptors (Lipinski definition) is 2. The van der Waals surface area contributed by atoms with Gasteiger partial charge in [0.2, 0.25) is 0 Å². The van der Waals surface area contributed by atoms with Crippen molar-refractivity contribution in [2.75, 3.05) is 6.26 Å². The van der Waals surface area contributed by atoms with Crippen LogP contribution in [0.15, 0.2) is 11.0 Å². The van der Waals surface area contributed by atoms with Crippen molar-refractivity contribution in [3.63, 3.8) is 0 Å². The third-order valence-corrected chi connectivity index (χ3v) is 2.82. The van der Waals surface area contributed by atoms with Gasteiger partial charge in [-0.15, -0.1) is 11.8 Å². The third-order valence-electron chi connectivity index (χ3n) is 2.30. The van der Waals surface area contributed by atoms with Gasteiger partial charge >= 0.3 is 0 Å². The van der Waals surface area contributed by atoms with Crippen LogP contribution in [0.4, 0.5) is 0 Å². The van der Waals surface area contributed by atoms with Crippen LogP contribution in [-0.2, 0) is 0 Å². The SMILES string of the molecule is CC/C(=C\SC)C(C)(C#N)CC. The molecule has 0 aromatic carbocycles. The van der Waals surface area contributed by atoms with Gasteiger partial charge in [-0.2, -0.15) is 5.26 Å². The van der Waals surface area contributed by atoms with Gasteiger partial charge in [0.05, 0.1) is 11.5 Å². The summed E-state index contributed by atoms with van der Waals surface area (Å²) in [4.78, 5) is 0. The van der Waals surface area contributed by atoms with E-state index in [1.807, 2.05) is 13.2 Å². The molecule has 0 saturated carbocycles. The highest BCUT2D eigenvalue weighted by molar-refractivity contribution is 8.01. The maximum absolute atomic E-state index is 9.01. The molecule has 0 aliphatic rings. The number of thioether (sulfide) groups is 1. The summed E-state index contributed by atoms with van der Waals surface area (Å²) in [5, 5.41) is 11.1. The fourth-order valence-electron chi connectivity index (χ4n) is 1.12.